The van der Waals surface area contributed by atoms with Crippen molar-refractivity contribution in [3.05, 3.63) is 48.6 Å². The molecule has 3 unspecified atom stereocenters. The number of esters is 4. The molecule has 0 aliphatic carbocycles. The number of hydrogen-bond acceptors (Lipinski definition) is 15. The molecule has 0 aromatic rings. The van der Waals surface area contributed by atoms with Gasteiger partial charge in [0.15, 0.2) is 12.2 Å². The molecule has 544 valence electrons. The van der Waals surface area contributed by atoms with Crippen LogP contribution in [-0.2, 0) is 65.4 Å². The van der Waals surface area contributed by atoms with Crippen molar-refractivity contribution >= 4 is 39.5 Å². The summed E-state index contributed by atoms with van der Waals surface area (Å²) in [5.41, 5.74) is 0. The number of carbonyl (C=O) groups is 4. The van der Waals surface area contributed by atoms with Gasteiger partial charge in [-0.25, -0.2) is 9.13 Å². The molecule has 0 rings (SSSR count). The monoisotopic (exact) mass is 1360 g/mol. The number of aliphatic hydroxyl groups is 1. The average Bonchev–Trinajstić information content (AvgIpc) is 3.22. The number of hydrogen-bond donors (Lipinski definition) is 3. The molecule has 0 saturated carbocycles. The average molecular weight is 1360 g/mol. The van der Waals surface area contributed by atoms with E-state index in [9.17, 15) is 43.2 Å². The smallest absolute Gasteiger partial charge is 0.462 e. The van der Waals surface area contributed by atoms with Gasteiger partial charge < -0.3 is 33.8 Å². The highest BCUT2D eigenvalue weighted by atomic mass is 31.2. The molecule has 17 nitrogen and oxygen atoms in total. The summed E-state index contributed by atoms with van der Waals surface area (Å²) in [6.45, 7) is 9.37. The van der Waals surface area contributed by atoms with Gasteiger partial charge in [-0.15, -0.1) is 0 Å². The van der Waals surface area contributed by atoms with Crippen LogP contribution >= 0.6 is 15.6 Å². The number of rotatable bonds is 69. The maximum Gasteiger partial charge on any atom is 0.472 e. The lowest BCUT2D eigenvalue weighted by molar-refractivity contribution is -0.161. The largest absolute Gasteiger partial charge is 0.472 e. The van der Waals surface area contributed by atoms with Gasteiger partial charge in [-0.05, 0) is 88.9 Å². The molecule has 0 aliphatic rings. The fourth-order valence-electron chi connectivity index (χ4n) is 10.2. The van der Waals surface area contributed by atoms with Crippen LogP contribution in [0.4, 0.5) is 0 Å². The molecule has 0 saturated heterocycles. The number of allylic oxidation sites excluding steroid dienone is 8. The second-order valence-corrected chi connectivity index (χ2v) is 29.2. The maximum atomic E-state index is 13.0. The second kappa shape index (κ2) is 65.0. The van der Waals surface area contributed by atoms with E-state index in [1.807, 2.05) is 0 Å². The number of carbonyl (C=O) groups excluding carboxylic acids is 4. The van der Waals surface area contributed by atoms with Crippen molar-refractivity contribution in [2.24, 2.45) is 11.8 Å². The van der Waals surface area contributed by atoms with Gasteiger partial charge in [-0.1, -0.05) is 276 Å². The molecule has 5 atom stereocenters. The van der Waals surface area contributed by atoms with E-state index < -0.39 is 97.5 Å². The van der Waals surface area contributed by atoms with Crippen LogP contribution in [0, 0.1) is 11.8 Å². The summed E-state index contributed by atoms with van der Waals surface area (Å²) in [6, 6.07) is 0. The first-order valence-corrected chi connectivity index (χ1v) is 40.1. The highest BCUT2D eigenvalue weighted by molar-refractivity contribution is 7.47. The Balaban J connectivity index is 5.33. The number of phosphoric ester groups is 2. The van der Waals surface area contributed by atoms with Gasteiger partial charge in [0, 0.05) is 25.7 Å². The van der Waals surface area contributed by atoms with Crippen molar-refractivity contribution in [3.63, 3.8) is 0 Å². The van der Waals surface area contributed by atoms with E-state index in [4.69, 9.17) is 37.0 Å². The minimum Gasteiger partial charge on any atom is -0.462 e. The molecule has 0 aromatic carbocycles. The molecule has 0 spiro atoms. The summed E-state index contributed by atoms with van der Waals surface area (Å²) >= 11 is 0. The zero-order valence-corrected chi connectivity index (χ0v) is 61.3. The lowest BCUT2D eigenvalue weighted by Gasteiger charge is -2.21. The highest BCUT2D eigenvalue weighted by Gasteiger charge is 2.30. The Bertz CT molecular complexity index is 1990. The third kappa shape index (κ3) is 67.4. The molecule has 0 radical (unpaired) electrons. The topological polar surface area (TPSA) is 237 Å². The van der Waals surface area contributed by atoms with Crippen LogP contribution in [0.1, 0.15) is 330 Å². The van der Waals surface area contributed by atoms with Crippen molar-refractivity contribution in [1.29, 1.82) is 0 Å². The Hall–Kier alpha value is -2.98. The van der Waals surface area contributed by atoms with Crippen LogP contribution in [0.5, 0.6) is 0 Å². The Morgan fingerprint density at radius 3 is 0.871 bits per heavy atom. The van der Waals surface area contributed by atoms with E-state index in [0.29, 0.717) is 31.6 Å². The molecular weight excluding hydrogens is 1220 g/mol. The second-order valence-electron chi connectivity index (χ2n) is 26.3. The van der Waals surface area contributed by atoms with E-state index >= 15 is 0 Å². The molecule has 0 amide bonds. The molecule has 19 heteroatoms. The fraction of sp³-hybridized carbons (Fsp3) is 0.838. The van der Waals surface area contributed by atoms with Crippen LogP contribution in [0.15, 0.2) is 48.6 Å². The predicted molar refractivity (Wildman–Crippen MR) is 376 cm³/mol. The molecule has 0 aromatic heterocycles. The molecule has 0 aliphatic heterocycles. The van der Waals surface area contributed by atoms with E-state index in [1.54, 1.807) is 0 Å². The van der Waals surface area contributed by atoms with E-state index in [0.717, 1.165) is 128 Å². The molecule has 93 heavy (non-hydrogen) atoms. The SMILES string of the molecule is CCCCCC/C=C\C=C/CCCCCCCC(=O)O[C@H](COC(=O)CCCCCCCCCCCCC(C)C)COP(=O)(O)OCC(O)COP(=O)(O)OC[C@@H](COC(=O)CCCCCCCCCC(C)C)OC(=O)CCCCCCC/C=C\C=C/CCCCCC. The summed E-state index contributed by atoms with van der Waals surface area (Å²) in [5.74, 6) is -0.727. The summed E-state index contributed by atoms with van der Waals surface area (Å²) in [4.78, 5) is 72.7. The summed E-state index contributed by atoms with van der Waals surface area (Å²) < 4.78 is 68.3. The maximum absolute atomic E-state index is 13.0. The van der Waals surface area contributed by atoms with Crippen molar-refractivity contribution in [1.82, 2.24) is 0 Å². The normalized spacial score (nSPS) is 14.4. The highest BCUT2D eigenvalue weighted by Crippen LogP contribution is 2.45. The summed E-state index contributed by atoms with van der Waals surface area (Å²) in [6.07, 6.45) is 57.2. The van der Waals surface area contributed by atoms with Gasteiger partial charge in [0.05, 0.1) is 26.4 Å². The Morgan fingerprint density at radius 2 is 0.581 bits per heavy atom. The third-order valence-electron chi connectivity index (χ3n) is 16.0. The number of unbranched alkanes of at least 4 members (excludes halogenated alkanes) is 33. The van der Waals surface area contributed by atoms with Crippen molar-refractivity contribution in [2.45, 2.75) is 349 Å². The van der Waals surface area contributed by atoms with Gasteiger partial charge in [-0.2, -0.15) is 0 Å². The van der Waals surface area contributed by atoms with Crippen molar-refractivity contribution in [3.8, 4) is 0 Å². The fourth-order valence-corrected chi connectivity index (χ4v) is 11.8. The lowest BCUT2D eigenvalue weighted by atomic mass is 10.0. The lowest BCUT2D eigenvalue weighted by Crippen LogP contribution is -2.30. The molecule has 0 heterocycles. The molecule has 0 bridgehead atoms. The van der Waals surface area contributed by atoms with Gasteiger partial charge in [0.1, 0.15) is 19.3 Å². The van der Waals surface area contributed by atoms with Crippen LogP contribution in [0.2, 0.25) is 0 Å². The predicted octanol–water partition coefficient (Wildman–Crippen LogP) is 20.7. The van der Waals surface area contributed by atoms with Crippen LogP contribution < -0.4 is 0 Å². The van der Waals surface area contributed by atoms with Crippen molar-refractivity contribution < 1.29 is 80.2 Å². The molecule has 0 fully saturated rings. The number of phosphoric acid groups is 2. The minimum absolute atomic E-state index is 0.0815. The van der Waals surface area contributed by atoms with Crippen LogP contribution in [0.25, 0.3) is 0 Å². The van der Waals surface area contributed by atoms with Gasteiger partial charge in [0.2, 0.25) is 0 Å². The third-order valence-corrected chi connectivity index (χ3v) is 17.9. The Labute approximate surface area is 566 Å². The van der Waals surface area contributed by atoms with Crippen LogP contribution in [0.3, 0.4) is 0 Å². The van der Waals surface area contributed by atoms with E-state index in [2.05, 4.69) is 90.2 Å². The van der Waals surface area contributed by atoms with Crippen LogP contribution in [-0.4, -0.2) is 96.7 Å². The first kappa shape index (κ1) is 90.0. The zero-order valence-electron chi connectivity index (χ0n) is 59.5. The Kier molecular flexibility index (Phi) is 62.9. The first-order chi connectivity index (χ1) is 44.9. The quantitative estimate of drug-likeness (QED) is 0.0169. The zero-order chi connectivity index (χ0) is 68.6. The minimum atomic E-state index is -4.97. The molecule has 3 N–H and O–H groups in total. The van der Waals surface area contributed by atoms with Gasteiger partial charge in [-0.3, -0.25) is 37.3 Å². The number of aliphatic hydroxyl groups excluding tert-OH is 1. The molecular formula is C74H136O17P2. The van der Waals surface area contributed by atoms with E-state index in [1.165, 1.54) is 116 Å². The van der Waals surface area contributed by atoms with Gasteiger partial charge >= 0.3 is 39.5 Å². The Morgan fingerprint density at radius 1 is 0.333 bits per heavy atom. The first-order valence-electron chi connectivity index (χ1n) is 37.1. The number of ether oxygens (including phenoxy) is 4. The summed E-state index contributed by atoms with van der Waals surface area (Å²) in [5, 5.41) is 10.6. The van der Waals surface area contributed by atoms with Crippen molar-refractivity contribution in [2.75, 3.05) is 39.6 Å². The van der Waals surface area contributed by atoms with E-state index in [-0.39, 0.29) is 25.7 Å². The summed E-state index contributed by atoms with van der Waals surface area (Å²) in [7, 11) is -9.93. The van der Waals surface area contributed by atoms with Gasteiger partial charge in [0.25, 0.3) is 0 Å². The standard InChI is InChI=1S/C74H136O17P2/c1-7-9-11-13-15-17-19-21-23-25-27-33-39-46-52-58-73(78)90-69(62-84-71(76)56-50-44-38-32-30-29-31-36-42-48-54-66(3)4)64-88-92(80,81)86-60-68(75)61-87-93(82,83)89-65-70(63-85-72(77)57-51-45-41-35-37-43-49-55-67(5)6)91-74(79)59-53-47-40-34-28-26-24-22-20-18-16-14-12-10-8-2/h17-24,66-70,75H,7-16,25-65H2,1-6H3,(H,80,81)(H,82,83)/b19-17-,20-18-,23-21-,24-22-/t68?,69-,70-/m1/s1.